The average Bonchev–Trinajstić information content (AvgIpc) is 2.87. The molecule has 1 atom stereocenters. The largest absolute Gasteiger partial charge is 0.340 e. The predicted molar refractivity (Wildman–Crippen MR) is 73.6 cm³/mol. The van der Waals surface area contributed by atoms with Gasteiger partial charge in [-0.2, -0.15) is 4.98 Å². The van der Waals surface area contributed by atoms with E-state index < -0.39 is 0 Å². The third-order valence-electron chi connectivity index (χ3n) is 4.15. The number of nitrogens with two attached hydrogens (primary N) is 1. The number of anilines is 1. The molecule has 0 amide bonds. The van der Waals surface area contributed by atoms with E-state index in [2.05, 4.69) is 40.9 Å². The molecule has 1 aliphatic rings. The molecule has 1 aliphatic heterocycles. The van der Waals surface area contributed by atoms with Crippen molar-refractivity contribution in [3.05, 3.63) is 5.82 Å². The van der Waals surface area contributed by atoms with E-state index in [1.165, 1.54) is 0 Å². The van der Waals surface area contributed by atoms with Crippen LogP contribution in [-0.4, -0.2) is 34.8 Å². The highest BCUT2D eigenvalue weighted by atomic mass is 15.4. The summed E-state index contributed by atoms with van der Waals surface area (Å²) in [6.45, 7) is 9.46. The van der Waals surface area contributed by atoms with Crippen molar-refractivity contribution in [2.75, 3.05) is 24.5 Å². The third kappa shape index (κ3) is 2.83. The van der Waals surface area contributed by atoms with E-state index in [1.54, 1.807) is 0 Å². The molecule has 1 saturated heterocycles. The molecule has 0 aromatic carbocycles. The molecule has 0 bridgehead atoms. The number of H-pyrrole nitrogens is 1. The molecule has 5 nitrogen and oxygen atoms in total. The fraction of sp³-hybridized carbons (Fsp3) is 0.846. The smallest absolute Gasteiger partial charge is 0.244 e. The van der Waals surface area contributed by atoms with E-state index in [4.69, 9.17) is 5.73 Å². The van der Waals surface area contributed by atoms with Crippen LogP contribution in [0, 0.1) is 11.8 Å². The van der Waals surface area contributed by atoms with Gasteiger partial charge in [0.15, 0.2) is 0 Å². The van der Waals surface area contributed by atoms with E-state index in [1.807, 2.05) is 0 Å². The number of rotatable bonds is 4. The minimum absolute atomic E-state index is 0.424. The topological polar surface area (TPSA) is 70.8 Å². The molecule has 102 valence electrons. The van der Waals surface area contributed by atoms with Crippen molar-refractivity contribution in [1.82, 2.24) is 15.2 Å². The van der Waals surface area contributed by atoms with Gasteiger partial charge in [0.1, 0.15) is 5.82 Å². The quantitative estimate of drug-likeness (QED) is 0.855. The molecule has 2 heterocycles. The maximum atomic E-state index is 5.71. The van der Waals surface area contributed by atoms with E-state index in [0.717, 1.165) is 44.2 Å². The van der Waals surface area contributed by atoms with Crippen LogP contribution in [0.1, 0.15) is 45.4 Å². The maximum Gasteiger partial charge on any atom is 0.244 e. The van der Waals surface area contributed by atoms with Crippen LogP contribution in [0.5, 0.6) is 0 Å². The molecule has 5 heteroatoms. The minimum atomic E-state index is 0.424. The third-order valence-corrected chi connectivity index (χ3v) is 4.15. The summed E-state index contributed by atoms with van der Waals surface area (Å²) in [6, 6.07) is 0. The standard InChI is InChI=1S/C13H25N5/c1-9(2)10(3)12-15-13(17-16-12)18-6-4-11(8-14)5-7-18/h9-11H,4-8,14H2,1-3H3,(H,15,16,17). The normalized spacial score (nSPS) is 19.5. The lowest BCUT2D eigenvalue weighted by atomic mass is 9.97. The van der Waals surface area contributed by atoms with Gasteiger partial charge in [0.25, 0.3) is 0 Å². The Balaban J connectivity index is 1.98. The second-order valence-corrected chi connectivity index (χ2v) is 5.72. The molecule has 0 saturated carbocycles. The zero-order valence-corrected chi connectivity index (χ0v) is 11.7. The van der Waals surface area contributed by atoms with Gasteiger partial charge in [-0.1, -0.05) is 20.8 Å². The van der Waals surface area contributed by atoms with E-state index >= 15 is 0 Å². The van der Waals surface area contributed by atoms with Gasteiger partial charge in [0.2, 0.25) is 5.95 Å². The van der Waals surface area contributed by atoms with Crippen LogP contribution >= 0.6 is 0 Å². The fourth-order valence-electron chi connectivity index (χ4n) is 2.29. The van der Waals surface area contributed by atoms with Crippen molar-refractivity contribution < 1.29 is 0 Å². The Labute approximate surface area is 109 Å². The van der Waals surface area contributed by atoms with Crippen molar-refractivity contribution in [2.45, 2.75) is 39.5 Å². The first-order valence-corrected chi connectivity index (χ1v) is 6.99. The predicted octanol–water partition coefficient (Wildman–Crippen LogP) is 1.74. The summed E-state index contributed by atoms with van der Waals surface area (Å²) in [5.74, 6) is 3.53. The Morgan fingerprint density at radius 1 is 1.33 bits per heavy atom. The average molecular weight is 251 g/mol. The maximum absolute atomic E-state index is 5.71. The van der Waals surface area contributed by atoms with Gasteiger partial charge in [0, 0.05) is 19.0 Å². The Hall–Kier alpha value is -1.10. The van der Waals surface area contributed by atoms with Crippen LogP contribution in [0.25, 0.3) is 0 Å². The summed E-state index contributed by atoms with van der Waals surface area (Å²) < 4.78 is 0. The first kappa shape index (κ1) is 13.3. The number of hydrogen-bond donors (Lipinski definition) is 2. The lowest BCUT2D eigenvalue weighted by Crippen LogP contribution is -2.36. The summed E-state index contributed by atoms with van der Waals surface area (Å²) >= 11 is 0. The monoisotopic (exact) mass is 251 g/mol. The summed E-state index contributed by atoms with van der Waals surface area (Å²) in [4.78, 5) is 6.90. The lowest BCUT2D eigenvalue weighted by Gasteiger charge is -2.30. The first-order chi connectivity index (χ1) is 8.61. The number of nitrogens with zero attached hydrogens (tertiary/aromatic N) is 3. The van der Waals surface area contributed by atoms with Crippen LogP contribution in [-0.2, 0) is 0 Å². The number of hydrogen-bond acceptors (Lipinski definition) is 4. The molecule has 18 heavy (non-hydrogen) atoms. The zero-order chi connectivity index (χ0) is 13.1. The highest BCUT2D eigenvalue weighted by Gasteiger charge is 2.22. The Morgan fingerprint density at radius 3 is 2.56 bits per heavy atom. The van der Waals surface area contributed by atoms with Gasteiger partial charge in [-0.05, 0) is 31.2 Å². The van der Waals surface area contributed by atoms with E-state index in [-0.39, 0.29) is 0 Å². The molecule has 1 aromatic heterocycles. The molecule has 2 rings (SSSR count). The van der Waals surface area contributed by atoms with Gasteiger partial charge >= 0.3 is 0 Å². The lowest BCUT2D eigenvalue weighted by molar-refractivity contribution is 0.411. The summed E-state index contributed by atoms with van der Waals surface area (Å²) in [5.41, 5.74) is 5.71. The molecular formula is C13H25N5. The zero-order valence-electron chi connectivity index (χ0n) is 11.7. The van der Waals surface area contributed by atoms with Gasteiger partial charge in [-0.3, -0.25) is 5.10 Å². The molecule has 0 spiro atoms. The van der Waals surface area contributed by atoms with Gasteiger partial charge in [0.05, 0.1) is 0 Å². The highest BCUT2D eigenvalue weighted by molar-refractivity contribution is 5.29. The van der Waals surface area contributed by atoms with Crippen LogP contribution in [0.3, 0.4) is 0 Å². The van der Waals surface area contributed by atoms with Crippen LogP contribution in [0.15, 0.2) is 0 Å². The molecule has 0 aliphatic carbocycles. The van der Waals surface area contributed by atoms with Crippen molar-refractivity contribution in [3.63, 3.8) is 0 Å². The van der Waals surface area contributed by atoms with Crippen molar-refractivity contribution in [1.29, 1.82) is 0 Å². The Bertz CT molecular complexity index is 365. The summed E-state index contributed by atoms with van der Waals surface area (Å²) in [6.07, 6.45) is 2.31. The Morgan fingerprint density at radius 2 is 2.00 bits per heavy atom. The fourth-order valence-corrected chi connectivity index (χ4v) is 2.29. The van der Waals surface area contributed by atoms with Crippen molar-refractivity contribution in [3.8, 4) is 0 Å². The minimum Gasteiger partial charge on any atom is -0.340 e. The van der Waals surface area contributed by atoms with Gasteiger partial charge in [-0.25, -0.2) is 0 Å². The number of aromatic amines is 1. The number of aromatic nitrogens is 3. The SMILES string of the molecule is CC(C)C(C)c1nc(N2CCC(CN)CC2)n[nH]1. The van der Waals surface area contributed by atoms with Gasteiger partial charge in [-0.15, -0.1) is 5.10 Å². The molecule has 1 unspecified atom stereocenters. The van der Waals surface area contributed by atoms with Crippen LogP contribution < -0.4 is 10.6 Å². The summed E-state index contributed by atoms with van der Waals surface area (Å²) in [7, 11) is 0. The molecular weight excluding hydrogens is 226 g/mol. The van der Waals surface area contributed by atoms with E-state index in [9.17, 15) is 0 Å². The second kappa shape index (κ2) is 5.69. The second-order valence-electron chi connectivity index (χ2n) is 5.72. The van der Waals surface area contributed by atoms with E-state index in [0.29, 0.717) is 17.8 Å². The summed E-state index contributed by atoms with van der Waals surface area (Å²) in [5, 5.41) is 7.43. The van der Waals surface area contributed by atoms with Gasteiger partial charge < -0.3 is 10.6 Å². The number of piperidine rings is 1. The molecule has 1 aromatic rings. The highest BCUT2D eigenvalue weighted by Crippen LogP contribution is 2.24. The molecule has 3 N–H and O–H groups in total. The molecule has 1 fully saturated rings. The van der Waals surface area contributed by atoms with Crippen LogP contribution in [0.2, 0.25) is 0 Å². The molecule has 0 radical (unpaired) electrons. The van der Waals surface area contributed by atoms with Crippen LogP contribution in [0.4, 0.5) is 5.95 Å². The number of nitrogens with one attached hydrogen (secondary N) is 1. The Kier molecular flexibility index (Phi) is 4.22. The van der Waals surface area contributed by atoms with Crippen molar-refractivity contribution in [2.24, 2.45) is 17.6 Å². The van der Waals surface area contributed by atoms with Crippen molar-refractivity contribution >= 4 is 5.95 Å². The first-order valence-electron chi connectivity index (χ1n) is 6.99.